The molecule has 12 heavy (non-hydrogen) atoms. The molecule has 0 saturated carbocycles. The third-order valence-electron chi connectivity index (χ3n) is 1.48. The molecule has 0 fully saturated rings. The topological polar surface area (TPSA) is 37.3 Å². The van der Waals surface area contributed by atoms with Crippen LogP contribution < -0.4 is 0 Å². The highest BCUT2D eigenvalue weighted by Crippen LogP contribution is 2.25. The van der Waals surface area contributed by atoms with Crippen molar-refractivity contribution in [1.29, 1.82) is 0 Å². The summed E-state index contributed by atoms with van der Waals surface area (Å²) in [5, 5.41) is 8.48. The molecule has 3 heteroatoms. The van der Waals surface area contributed by atoms with E-state index < -0.39 is 5.97 Å². The number of rotatable bonds is 3. The predicted octanol–water partition coefficient (Wildman–Crippen LogP) is 2.96. The van der Waals surface area contributed by atoms with Crippen LogP contribution in [0.3, 0.4) is 0 Å². The van der Waals surface area contributed by atoms with Gasteiger partial charge in [0.25, 0.3) is 0 Å². The first-order valence-electron chi connectivity index (χ1n) is 4.03. The molecule has 0 aliphatic heterocycles. The Hall–Kier alpha value is -0.240. The van der Waals surface area contributed by atoms with Crippen molar-refractivity contribution in [2.24, 2.45) is 11.3 Å². The van der Waals surface area contributed by atoms with Gasteiger partial charge in [0.2, 0.25) is 0 Å². The van der Waals surface area contributed by atoms with Crippen molar-refractivity contribution in [3.63, 3.8) is 0 Å². The smallest absolute Gasteiger partial charge is 0.303 e. The zero-order valence-electron chi connectivity index (χ0n) is 8.26. The van der Waals surface area contributed by atoms with Crippen molar-refractivity contribution in [1.82, 2.24) is 0 Å². The number of carboxylic acid groups (broad SMARTS) is 1. The molecule has 0 heterocycles. The quantitative estimate of drug-likeness (QED) is 0.750. The summed E-state index contributed by atoms with van der Waals surface area (Å²) in [5.41, 5.74) is 0.245. The normalized spacial score (nSPS) is 13.3. The molecule has 0 radical (unpaired) electrons. The fraction of sp³-hybridized carbons (Fsp3) is 0.889. The highest BCUT2D eigenvalue weighted by atomic mass is 35.5. The molecule has 0 rings (SSSR count). The van der Waals surface area contributed by atoms with E-state index in [1.807, 2.05) is 6.92 Å². The van der Waals surface area contributed by atoms with Crippen molar-refractivity contribution in [3.05, 3.63) is 0 Å². The molecule has 0 bridgehead atoms. The first-order chi connectivity index (χ1) is 4.81. The maximum absolute atomic E-state index is 10.3. The van der Waals surface area contributed by atoms with Crippen LogP contribution in [-0.2, 0) is 4.79 Å². The van der Waals surface area contributed by atoms with E-state index in [9.17, 15) is 4.79 Å². The van der Waals surface area contributed by atoms with Gasteiger partial charge in [-0.05, 0) is 17.8 Å². The van der Waals surface area contributed by atoms with E-state index in [1.54, 1.807) is 0 Å². The summed E-state index contributed by atoms with van der Waals surface area (Å²) >= 11 is 0. The number of hydrogen-bond acceptors (Lipinski definition) is 1. The van der Waals surface area contributed by atoms with E-state index >= 15 is 0 Å². The molecular weight excluding hydrogens is 176 g/mol. The van der Waals surface area contributed by atoms with Crippen LogP contribution >= 0.6 is 12.4 Å². The fourth-order valence-electron chi connectivity index (χ4n) is 1.42. The van der Waals surface area contributed by atoms with Crippen molar-refractivity contribution >= 4 is 18.4 Å². The minimum atomic E-state index is -0.693. The van der Waals surface area contributed by atoms with Crippen LogP contribution in [0.15, 0.2) is 0 Å². The first-order valence-corrected chi connectivity index (χ1v) is 4.03. The minimum absolute atomic E-state index is 0. The molecule has 1 atom stereocenters. The average molecular weight is 195 g/mol. The summed E-state index contributed by atoms with van der Waals surface area (Å²) in [4.78, 5) is 10.3. The molecule has 0 aromatic rings. The van der Waals surface area contributed by atoms with Crippen LogP contribution in [0.2, 0.25) is 0 Å². The van der Waals surface area contributed by atoms with Crippen LogP contribution in [0.5, 0.6) is 0 Å². The van der Waals surface area contributed by atoms with Gasteiger partial charge in [-0.1, -0.05) is 27.7 Å². The number of halogens is 1. The summed E-state index contributed by atoms with van der Waals surface area (Å²) in [6.07, 6.45) is 1.26. The molecule has 1 unspecified atom stereocenters. The van der Waals surface area contributed by atoms with Crippen LogP contribution in [-0.4, -0.2) is 11.1 Å². The summed E-state index contributed by atoms with van der Waals surface area (Å²) < 4.78 is 0. The Morgan fingerprint density at radius 3 is 2.08 bits per heavy atom. The highest BCUT2D eigenvalue weighted by molar-refractivity contribution is 5.85. The SMILES string of the molecule is CC(CC(=O)O)CC(C)(C)C.Cl. The zero-order chi connectivity index (χ0) is 9.07. The second-order valence-electron chi connectivity index (χ2n) is 4.47. The lowest BCUT2D eigenvalue weighted by Gasteiger charge is -2.21. The van der Waals surface area contributed by atoms with Gasteiger partial charge in [0.1, 0.15) is 0 Å². The molecule has 2 nitrogen and oxygen atoms in total. The third-order valence-corrected chi connectivity index (χ3v) is 1.48. The molecule has 0 aliphatic carbocycles. The van der Waals surface area contributed by atoms with Crippen LogP contribution in [0, 0.1) is 11.3 Å². The molecule has 0 aromatic heterocycles. The van der Waals surface area contributed by atoms with E-state index in [0.717, 1.165) is 6.42 Å². The molecule has 0 aromatic carbocycles. The van der Waals surface area contributed by atoms with E-state index in [2.05, 4.69) is 20.8 Å². The summed E-state index contributed by atoms with van der Waals surface area (Å²) in [6, 6.07) is 0. The van der Waals surface area contributed by atoms with E-state index in [1.165, 1.54) is 0 Å². The Labute approximate surface area is 80.8 Å². The number of carboxylic acids is 1. The van der Waals surface area contributed by atoms with Gasteiger partial charge in [0.15, 0.2) is 0 Å². The third kappa shape index (κ3) is 9.76. The van der Waals surface area contributed by atoms with E-state index in [0.29, 0.717) is 0 Å². The Morgan fingerprint density at radius 1 is 1.42 bits per heavy atom. The molecule has 0 aliphatic rings. The van der Waals surface area contributed by atoms with Gasteiger partial charge in [-0.25, -0.2) is 0 Å². The highest BCUT2D eigenvalue weighted by Gasteiger charge is 2.16. The van der Waals surface area contributed by atoms with Crippen molar-refractivity contribution < 1.29 is 9.90 Å². The molecule has 0 spiro atoms. The Morgan fingerprint density at radius 2 is 1.83 bits per heavy atom. The Balaban J connectivity index is 0. The van der Waals surface area contributed by atoms with Crippen molar-refractivity contribution in [3.8, 4) is 0 Å². The maximum atomic E-state index is 10.3. The van der Waals surface area contributed by atoms with Crippen LogP contribution in [0.1, 0.15) is 40.5 Å². The maximum Gasteiger partial charge on any atom is 0.303 e. The lowest BCUT2D eigenvalue weighted by Crippen LogP contribution is -2.13. The van der Waals surface area contributed by atoms with Crippen molar-refractivity contribution in [2.75, 3.05) is 0 Å². The van der Waals surface area contributed by atoms with E-state index in [-0.39, 0.29) is 30.2 Å². The van der Waals surface area contributed by atoms with Gasteiger partial charge in [-0.15, -0.1) is 12.4 Å². The standard InChI is InChI=1S/C9H18O2.ClH/c1-7(5-8(10)11)6-9(2,3)4;/h7H,5-6H2,1-4H3,(H,10,11);1H. The van der Waals surface area contributed by atoms with Gasteiger partial charge < -0.3 is 5.11 Å². The largest absolute Gasteiger partial charge is 0.481 e. The molecule has 0 amide bonds. The summed E-state index contributed by atoms with van der Waals surface area (Å²) in [5.74, 6) is -0.408. The van der Waals surface area contributed by atoms with Gasteiger partial charge in [-0.3, -0.25) is 4.79 Å². The van der Waals surface area contributed by atoms with E-state index in [4.69, 9.17) is 5.11 Å². The summed E-state index contributed by atoms with van der Waals surface area (Å²) in [7, 11) is 0. The average Bonchev–Trinajstić information content (AvgIpc) is 1.53. The fourth-order valence-corrected chi connectivity index (χ4v) is 1.42. The lowest BCUT2D eigenvalue weighted by atomic mass is 9.84. The molecule has 0 saturated heterocycles. The predicted molar refractivity (Wildman–Crippen MR) is 52.7 cm³/mol. The molecular formula is C9H19ClO2. The van der Waals surface area contributed by atoms with Gasteiger partial charge in [0.05, 0.1) is 0 Å². The summed E-state index contributed by atoms with van der Waals surface area (Å²) in [6.45, 7) is 8.38. The first kappa shape index (κ1) is 14.3. The van der Waals surface area contributed by atoms with Gasteiger partial charge in [0, 0.05) is 6.42 Å². The molecule has 1 N–H and O–H groups in total. The van der Waals surface area contributed by atoms with Crippen LogP contribution in [0.4, 0.5) is 0 Å². The Bertz CT molecular complexity index is 138. The van der Waals surface area contributed by atoms with Crippen molar-refractivity contribution in [2.45, 2.75) is 40.5 Å². The van der Waals surface area contributed by atoms with Crippen LogP contribution in [0.25, 0.3) is 0 Å². The monoisotopic (exact) mass is 194 g/mol. The Kier molecular flexibility index (Phi) is 6.45. The zero-order valence-corrected chi connectivity index (χ0v) is 9.07. The number of hydrogen-bond donors (Lipinski definition) is 1. The molecule has 74 valence electrons. The lowest BCUT2D eigenvalue weighted by molar-refractivity contribution is -0.138. The number of aliphatic carboxylic acids is 1. The second-order valence-corrected chi connectivity index (χ2v) is 4.47. The van der Waals surface area contributed by atoms with Gasteiger partial charge >= 0.3 is 5.97 Å². The minimum Gasteiger partial charge on any atom is -0.481 e. The second kappa shape index (κ2) is 5.41. The van der Waals surface area contributed by atoms with Gasteiger partial charge in [-0.2, -0.15) is 0 Å². The number of carbonyl (C=O) groups is 1.